The second kappa shape index (κ2) is 6.83. The van der Waals surface area contributed by atoms with Gasteiger partial charge in [0.2, 0.25) is 21.8 Å². The molecule has 0 bridgehead atoms. The summed E-state index contributed by atoms with van der Waals surface area (Å²) < 4.78 is 22.1. The summed E-state index contributed by atoms with van der Waals surface area (Å²) in [5, 5.41) is 9.86. The van der Waals surface area contributed by atoms with Crippen LogP contribution in [0.1, 0.15) is 5.56 Å². The lowest BCUT2D eigenvalue weighted by molar-refractivity contribution is -0.124. The molecule has 0 fully saturated rings. The van der Waals surface area contributed by atoms with Crippen molar-refractivity contribution in [3.63, 3.8) is 0 Å². The smallest absolute Gasteiger partial charge is 0.243 e. The Morgan fingerprint density at radius 1 is 1.20 bits per heavy atom. The molecule has 0 radical (unpaired) electrons. The Kier molecular flexibility index (Phi) is 5.42. The van der Waals surface area contributed by atoms with Gasteiger partial charge in [-0.25, -0.2) is 13.6 Å². The summed E-state index contributed by atoms with van der Waals surface area (Å²) in [6.45, 7) is 3.32. The molecule has 20 heavy (non-hydrogen) atoms. The molecule has 0 aliphatic carbocycles. The van der Waals surface area contributed by atoms with Crippen LogP contribution in [0.3, 0.4) is 0 Å². The van der Waals surface area contributed by atoms with Crippen molar-refractivity contribution in [2.24, 2.45) is 5.14 Å². The normalized spacial score (nSPS) is 10.7. The lowest BCUT2D eigenvalue weighted by Gasteiger charge is -2.06. The number of hydrogen-bond donors (Lipinski definition) is 3. The molecule has 0 heterocycles. The largest absolute Gasteiger partial charge is 0.350 e. The highest BCUT2D eigenvalue weighted by atomic mass is 32.2. The Balaban J connectivity index is 2.48. The molecule has 0 aliphatic rings. The van der Waals surface area contributed by atoms with Crippen molar-refractivity contribution >= 4 is 21.8 Å². The summed E-state index contributed by atoms with van der Waals surface area (Å²) in [5.41, 5.74) is 0.709. The van der Waals surface area contributed by atoms with E-state index in [1.54, 1.807) is 12.1 Å². The van der Waals surface area contributed by atoms with E-state index in [4.69, 9.17) is 5.14 Å². The van der Waals surface area contributed by atoms with Gasteiger partial charge in [0.05, 0.1) is 11.4 Å². The summed E-state index contributed by atoms with van der Waals surface area (Å²) in [7, 11) is -3.72. The van der Waals surface area contributed by atoms with E-state index in [0.29, 0.717) is 5.56 Å². The van der Waals surface area contributed by atoms with Crippen LogP contribution in [0.5, 0.6) is 0 Å². The van der Waals surface area contributed by atoms with Crippen LogP contribution in [0.2, 0.25) is 0 Å². The van der Waals surface area contributed by atoms with Gasteiger partial charge in [0.1, 0.15) is 0 Å². The minimum atomic E-state index is -3.72. The molecule has 0 atom stereocenters. The van der Waals surface area contributed by atoms with Gasteiger partial charge < -0.3 is 10.6 Å². The first-order chi connectivity index (χ1) is 9.32. The molecular formula is C12H15N3O4S. The Morgan fingerprint density at radius 3 is 2.30 bits per heavy atom. The number of nitrogens with one attached hydrogen (secondary N) is 2. The average Bonchev–Trinajstić information content (AvgIpc) is 2.41. The maximum Gasteiger partial charge on any atom is 0.243 e. The fourth-order valence-electron chi connectivity index (χ4n) is 1.30. The fourth-order valence-corrected chi connectivity index (χ4v) is 1.82. The Morgan fingerprint density at radius 2 is 1.80 bits per heavy atom. The molecule has 0 unspecified atom stereocenters. The molecule has 2 amide bonds. The zero-order valence-electron chi connectivity index (χ0n) is 10.6. The van der Waals surface area contributed by atoms with Crippen molar-refractivity contribution in [3.05, 3.63) is 42.5 Å². The third-order valence-electron chi connectivity index (χ3n) is 2.35. The maximum absolute atomic E-state index is 11.4. The second-order valence-corrected chi connectivity index (χ2v) is 5.45. The van der Waals surface area contributed by atoms with Crippen LogP contribution >= 0.6 is 0 Å². The van der Waals surface area contributed by atoms with Gasteiger partial charge in [0, 0.05) is 6.54 Å². The molecule has 7 nitrogen and oxygen atoms in total. The lowest BCUT2D eigenvalue weighted by atomic mass is 10.2. The van der Waals surface area contributed by atoms with Gasteiger partial charge >= 0.3 is 0 Å². The number of nitrogens with two attached hydrogens (primary N) is 1. The average molecular weight is 297 g/mol. The number of sulfonamides is 1. The predicted octanol–water partition coefficient (Wildman–Crippen LogP) is -0.748. The second-order valence-electron chi connectivity index (χ2n) is 3.89. The van der Waals surface area contributed by atoms with Gasteiger partial charge in [-0.15, -0.1) is 0 Å². The van der Waals surface area contributed by atoms with Crippen LogP contribution in [0.25, 0.3) is 0 Å². The molecule has 108 valence electrons. The number of benzene rings is 1. The van der Waals surface area contributed by atoms with E-state index in [-0.39, 0.29) is 23.9 Å². The first kappa shape index (κ1) is 15.9. The van der Waals surface area contributed by atoms with E-state index in [1.165, 1.54) is 12.1 Å². The highest BCUT2D eigenvalue weighted by molar-refractivity contribution is 7.89. The van der Waals surface area contributed by atoms with Gasteiger partial charge in [-0.2, -0.15) is 0 Å². The number of amides is 2. The summed E-state index contributed by atoms with van der Waals surface area (Å²) in [5.74, 6) is -0.798. The van der Waals surface area contributed by atoms with Crippen LogP contribution in [0, 0.1) is 0 Å². The van der Waals surface area contributed by atoms with Gasteiger partial charge in [-0.1, -0.05) is 18.7 Å². The number of rotatable bonds is 6. The van der Waals surface area contributed by atoms with Crippen molar-refractivity contribution in [2.75, 3.05) is 6.54 Å². The van der Waals surface area contributed by atoms with Crippen LogP contribution in [-0.2, 0) is 26.2 Å². The van der Waals surface area contributed by atoms with Gasteiger partial charge in [0.15, 0.2) is 0 Å². The van der Waals surface area contributed by atoms with Crippen molar-refractivity contribution in [1.29, 1.82) is 0 Å². The Labute approximate surface area is 116 Å². The van der Waals surface area contributed by atoms with Gasteiger partial charge in [0.25, 0.3) is 0 Å². The Bertz CT molecular complexity index is 608. The number of primary sulfonamides is 1. The molecule has 0 saturated heterocycles. The summed E-state index contributed by atoms with van der Waals surface area (Å²) in [6, 6.07) is 5.80. The maximum atomic E-state index is 11.4. The summed E-state index contributed by atoms with van der Waals surface area (Å²) >= 11 is 0. The lowest BCUT2D eigenvalue weighted by Crippen LogP contribution is -2.35. The van der Waals surface area contributed by atoms with E-state index < -0.39 is 15.9 Å². The van der Waals surface area contributed by atoms with Crippen LogP contribution in [0.4, 0.5) is 0 Å². The summed E-state index contributed by atoms with van der Waals surface area (Å²) in [6.07, 6.45) is 1.07. The predicted molar refractivity (Wildman–Crippen MR) is 72.9 cm³/mol. The van der Waals surface area contributed by atoms with Crippen molar-refractivity contribution in [1.82, 2.24) is 10.6 Å². The van der Waals surface area contributed by atoms with Crippen molar-refractivity contribution in [2.45, 2.75) is 11.4 Å². The van der Waals surface area contributed by atoms with Crippen LogP contribution in [-0.4, -0.2) is 26.8 Å². The molecule has 4 N–H and O–H groups in total. The number of carbonyl (C=O) groups excluding carboxylic acids is 2. The molecular weight excluding hydrogens is 282 g/mol. The van der Waals surface area contributed by atoms with Gasteiger partial charge in [-0.05, 0) is 23.8 Å². The van der Waals surface area contributed by atoms with Crippen LogP contribution < -0.4 is 15.8 Å². The first-order valence-corrected chi connectivity index (χ1v) is 7.16. The van der Waals surface area contributed by atoms with Crippen LogP contribution in [0.15, 0.2) is 41.8 Å². The minimum absolute atomic E-state index is 0.00539. The third kappa shape index (κ3) is 5.21. The molecule has 1 rings (SSSR count). The third-order valence-corrected chi connectivity index (χ3v) is 3.28. The zero-order chi connectivity index (χ0) is 15.2. The van der Waals surface area contributed by atoms with Crippen molar-refractivity contribution in [3.8, 4) is 0 Å². The zero-order valence-corrected chi connectivity index (χ0v) is 11.4. The Hall–Kier alpha value is -2.19. The molecule has 0 aromatic heterocycles. The topological polar surface area (TPSA) is 118 Å². The minimum Gasteiger partial charge on any atom is -0.350 e. The van der Waals surface area contributed by atoms with E-state index >= 15 is 0 Å². The van der Waals surface area contributed by atoms with E-state index in [9.17, 15) is 18.0 Å². The first-order valence-electron chi connectivity index (χ1n) is 5.61. The molecule has 1 aromatic rings. The molecule has 0 saturated carbocycles. The standard InChI is InChI=1S/C12H15N3O4S/c1-2-11(16)15-8-12(17)14-7-9-3-5-10(6-4-9)20(13,18)19/h2-6H,1,7-8H2,(H,14,17)(H,15,16)(H2,13,18,19). The number of hydrogen-bond acceptors (Lipinski definition) is 4. The highest BCUT2D eigenvalue weighted by Crippen LogP contribution is 2.08. The van der Waals surface area contributed by atoms with E-state index in [2.05, 4.69) is 17.2 Å². The van der Waals surface area contributed by atoms with Gasteiger partial charge in [-0.3, -0.25) is 9.59 Å². The molecule has 1 aromatic carbocycles. The SMILES string of the molecule is C=CC(=O)NCC(=O)NCc1ccc(S(N)(=O)=O)cc1. The molecule has 0 spiro atoms. The monoisotopic (exact) mass is 297 g/mol. The fraction of sp³-hybridized carbons (Fsp3) is 0.167. The highest BCUT2D eigenvalue weighted by Gasteiger charge is 2.07. The van der Waals surface area contributed by atoms with Crippen molar-refractivity contribution < 1.29 is 18.0 Å². The number of carbonyl (C=O) groups is 2. The molecule has 8 heteroatoms. The quantitative estimate of drug-likeness (QED) is 0.599. The molecule has 0 aliphatic heterocycles. The van der Waals surface area contributed by atoms with E-state index in [0.717, 1.165) is 6.08 Å². The summed E-state index contributed by atoms with van der Waals surface area (Å²) in [4.78, 5) is 22.2. The van der Waals surface area contributed by atoms with E-state index in [1.807, 2.05) is 0 Å².